The number of anilines is 1. The van der Waals surface area contributed by atoms with E-state index in [1.54, 1.807) is 0 Å². The maximum absolute atomic E-state index is 4.23. The molecule has 16 heavy (non-hydrogen) atoms. The number of nitrogens with one attached hydrogen (secondary N) is 1. The summed E-state index contributed by atoms with van der Waals surface area (Å²) in [5.74, 6) is 0.954. The maximum Gasteiger partial charge on any atom is 0.129 e. The molecule has 88 valence electrons. The molecule has 1 saturated carbocycles. The zero-order valence-electron chi connectivity index (χ0n) is 9.75. The van der Waals surface area contributed by atoms with Gasteiger partial charge in [-0.1, -0.05) is 13.3 Å². The molecule has 1 aromatic heterocycles. The van der Waals surface area contributed by atoms with Crippen molar-refractivity contribution < 1.29 is 0 Å². The van der Waals surface area contributed by atoms with Crippen LogP contribution < -0.4 is 5.32 Å². The van der Waals surface area contributed by atoms with Gasteiger partial charge in [0.1, 0.15) is 4.60 Å². The monoisotopic (exact) mass is 282 g/mol. The third-order valence-electron chi connectivity index (χ3n) is 3.54. The summed E-state index contributed by atoms with van der Waals surface area (Å²) >= 11 is 3.47. The summed E-state index contributed by atoms with van der Waals surface area (Å²) in [6.45, 7) is 2.30. The van der Waals surface area contributed by atoms with Gasteiger partial charge in [0.2, 0.25) is 0 Å². The highest BCUT2D eigenvalue weighted by Gasteiger charge is 2.20. The number of halogens is 1. The molecule has 0 amide bonds. The zero-order chi connectivity index (χ0) is 11.4. The van der Waals surface area contributed by atoms with Gasteiger partial charge in [0.15, 0.2) is 0 Å². The maximum atomic E-state index is 4.23. The topological polar surface area (TPSA) is 24.9 Å². The van der Waals surface area contributed by atoms with Crippen molar-refractivity contribution in [2.45, 2.75) is 45.1 Å². The van der Waals surface area contributed by atoms with Gasteiger partial charge in [0.25, 0.3) is 0 Å². The van der Waals surface area contributed by atoms with Crippen molar-refractivity contribution >= 4 is 21.6 Å². The van der Waals surface area contributed by atoms with E-state index in [9.17, 15) is 0 Å². The van der Waals surface area contributed by atoms with Crippen LogP contribution in [0.3, 0.4) is 0 Å². The molecule has 0 aromatic carbocycles. The number of nitrogens with zero attached hydrogens (tertiary/aromatic N) is 1. The summed E-state index contributed by atoms with van der Waals surface area (Å²) in [4.78, 5) is 4.23. The average molecular weight is 283 g/mol. The van der Waals surface area contributed by atoms with Crippen LogP contribution in [0.25, 0.3) is 0 Å². The molecule has 0 spiro atoms. The van der Waals surface area contributed by atoms with Gasteiger partial charge < -0.3 is 5.32 Å². The second kappa shape index (κ2) is 5.67. The summed E-state index contributed by atoms with van der Waals surface area (Å²) in [5.41, 5.74) is 1.13. The van der Waals surface area contributed by atoms with Crippen LogP contribution in [-0.2, 0) is 0 Å². The first kappa shape index (κ1) is 11.9. The fraction of sp³-hybridized carbons (Fsp3) is 0.615. The van der Waals surface area contributed by atoms with Crippen molar-refractivity contribution in [3.8, 4) is 0 Å². The van der Waals surface area contributed by atoms with E-state index in [2.05, 4.69) is 39.2 Å². The van der Waals surface area contributed by atoms with Gasteiger partial charge in [-0.25, -0.2) is 4.98 Å². The van der Waals surface area contributed by atoms with E-state index in [0.29, 0.717) is 6.04 Å². The molecule has 2 nitrogen and oxygen atoms in total. The van der Waals surface area contributed by atoms with Crippen molar-refractivity contribution in [2.24, 2.45) is 5.92 Å². The Bertz CT molecular complexity index is 332. The van der Waals surface area contributed by atoms with Gasteiger partial charge in [-0.3, -0.25) is 0 Å². The Balaban J connectivity index is 1.89. The Labute approximate surface area is 106 Å². The summed E-state index contributed by atoms with van der Waals surface area (Å²) < 4.78 is 0.924. The van der Waals surface area contributed by atoms with Gasteiger partial charge in [0.05, 0.1) is 5.69 Å². The van der Waals surface area contributed by atoms with E-state index in [1.165, 1.54) is 32.1 Å². The second-order valence-electron chi connectivity index (χ2n) is 4.61. The largest absolute Gasteiger partial charge is 0.380 e. The molecule has 1 aliphatic carbocycles. The molecule has 0 atom stereocenters. The Morgan fingerprint density at radius 2 is 2.12 bits per heavy atom. The van der Waals surface area contributed by atoms with Gasteiger partial charge in [-0.05, 0) is 59.7 Å². The predicted octanol–water partition coefficient (Wildman–Crippen LogP) is 4.22. The third kappa shape index (κ3) is 2.97. The molecule has 1 aromatic rings. The highest BCUT2D eigenvalue weighted by molar-refractivity contribution is 9.10. The lowest BCUT2D eigenvalue weighted by molar-refractivity contribution is 0.330. The number of aromatic nitrogens is 1. The van der Waals surface area contributed by atoms with Crippen molar-refractivity contribution in [2.75, 3.05) is 5.32 Å². The molecular weight excluding hydrogens is 264 g/mol. The molecule has 1 heterocycles. The summed E-state index contributed by atoms with van der Waals surface area (Å²) in [5, 5.41) is 3.58. The van der Waals surface area contributed by atoms with Gasteiger partial charge in [0, 0.05) is 12.2 Å². The molecule has 1 N–H and O–H groups in total. The van der Waals surface area contributed by atoms with Crippen LogP contribution in [0, 0.1) is 5.92 Å². The lowest BCUT2D eigenvalue weighted by Crippen LogP contribution is -2.26. The molecule has 0 radical (unpaired) electrons. The van der Waals surface area contributed by atoms with Crippen molar-refractivity contribution in [1.82, 2.24) is 4.98 Å². The van der Waals surface area contributed by atoms with E-state index in [1.807, 2.05) is 12.3 Å². The fourth-order valence-electron chi connectivity index (χ4n) is 2.43. The summed E-state index contributed by atoms with van der Waals surface area (Å²) in [6, 6.07) is 4.69. The molecule has 0 bridgehead atoms. The molecule has 0 saturated heterocycles. The zero-order valence-corrected chi connectivity index (χ0v) is 11.3. The van der Waals surface area contributed by atoms with E-state index in [4.69, 9.17) is 0 Å². The smallest absolute Gasteiger partial charge is 0.129 e. The van der Waals surface area contributed by atoms with E-state index in [0.717, 1.165) is 16.2 Å². The Morgan fingerprint density at radius 1 is 1.38 bits per heavy atom. The van der Waals surface area contributed by atoms with Crippen LogP contribution in [-0.4, -0.2) is 11.0 Å². The molecular formula is C13H19BrN2. The van der Waals surface area contributed by atoms with Gasteiger partial charge in [-0.15, -0.1) is 0 Å². The number of hydrogen-bond donors (Lipinski definition) is 1. The predicted molar refractivity (Wildman–Crippen MR) is 71.6 cm³/mol. The molecule has 1 aliphatic rings. The van der Waals surface area contributed by atoms with Gasteiger partial charge in [-0.2, -0.15) is 0 Å². The Morgan fingerprint density at radius 3 is 2.75 bits per heavy atom. The first-order valence-electron chi connectivity index (χ1n) is 6.16. The SMILES string of the molecule is CCC1CCC(Nc2cccnc2Br)CC1. The summed E-state index contributed by atoms with van der Waals surface area (Å²) in [7, 11) is 0. The second-order valence-corrected chi connectivity index (χ2v) is 5.36. The van der Waals surface area contributed by atoms with Crippen molar-refractivity contribution in [3.63, 3.8) is 0 Å². The Kier molecular flexibility index (Phi) is 4.22. The van der Waals surface area contributed by atoms with Crippen LogP contribution >= 0.6 is 15.9 Å². The van der Waals surface area contributed by atoms with Crippen LogP contribution in [0.15, 0.2) is 22.9 Å². The van der Waals surface area contributed by atoms with E-state index < -0.39 is 0 Å². The standard InChI is InChI=1S/C13H19BrN2/c1-2-10-5-7-11(8-6-10)16-12-4-3-9-15-13(12)14/h3-4,9-11,16H,2,5-8H2,1H3. The van der Waals surface area contributed by atoms with Crippen LogP contribution in [0.2, 0.25) is 0 Å². The first-order chi connectivity index (χ1) is 7.79. The fourth-order valence-corrected chi connectivity index (χ4v) is 2.79. The van der Waals surface area contributed by atoms with Crippen LogP contribution in [0.4, 0.5) is 5.69 Å². The van der Waals surface area contributed by atoms with E-state index >= 15 is 0 Å². The van der Waals surface area contributed by atoms with Crippen molar-refractivity contribution in [3.05, 3.63) is 22.9 Å². The Hall–Kier alpha value is -0.570. The number of hydrogen-bond acceptors (Lipinski definition) is 2. The van der Waals surface area contributed by atoms with E-state index in [-0.39, 0.29) is 0 Å². The van der Waals surface area contributed by atoms with Crippen molar-refractivity contribution in [1.29, 1.82) is 0 Å². The first-order valence-corrected chi connectivity index (χ1v) is 6.96. The number of rotatable bonds is 3. The third-order valence-corrected chi connectivity index (χ3v) is 4.17. The minimum Gasteiger partial charge on any atom is -0.380 e. The molecule has 0 aliphatic heterocycles. The lowest BCUT2D eigenvalue weighted by atomic mass is 9.84. The lowest BCUT2D eigenvalue weighted by Gasteiger charge is -2.29. The average Bonchev–Trinajstić information content (AvgIpc) is 2.33. The van der Waals surface area contributed by atoms with Crippen LogP contribution in [0.1, 0.15) is 39.0 Å². The molecule has 1 fully saturated rings. The van der Waals surface area contributed by atoms with Crippen LogP contribution in [0.5, 0.6) is 0 Å². The highest BCUT2D eigenvalue weighted by atomic mass is 79.9. The quantitative estimate of drug-likeness (QED) is 0.840. The molecule has 3 heteroatoms. The number of pyridine rings is 1. The molecule has 0 unspecified atom stereocenters. The van der Waals surface area contributed by atoms with Gasteiger partial charge >= 0.3 is 0 Å². The molecule has 2 rings (SSSR count). The minimum atomic E-state index is 0.628. The normalized spacial score (nSPS) is 25.4. The summed E-state index contributed by atoms with van der Waals surface area (Å²) in [6.07, 6.45) is 8.46. The highest BCUT2D eigenvalue weighted by Crippen LogP contribution is 2.29. The minimum absolute atomic E-state index is 0.628.